The van der Waals surface area contributed by atoms with Crippen LogP contribution in [0.5, 0.6) is 0 Å². The second-order valence-corrected chi connectivity index (χ2v) is 6.75. The van der Waals surface area contributed by atoms with Crippen molar-refractivity contribution < 1.29 is 19.1 Å². The van der Waals surface area contributed by atoms with Crippen molar-refractivity contribution >= 4 is 5.97 Å². The van der Waals surface area contributed by atoms with E-state index in [0.29, 0.717) is 19.6 Å². The second-order valence-electron chi connectivity index (χ2n) is 6.75. The SMILES string of the molecule is CC(=O)ON1C(C)(C)CC2(OCCO2)C(C)C1(C)C. The van der Waals surface area contributed by atoms with Crippen LogP contribution in [0.25, 0.3) is 0 Å². The van der Waals surface area contributed by atoms with E-state index in [1.54, 1.807) is 0 Å². The Kier molecular flexibility index (Phi) is 3.44. The summed E-state index contributed by atoms with van der Waals surface area (Å²) < 4.78 is 11.9. The van der Waals surface area contributed by atoms with Crippen molar-refractivity contribution in [2.75, 3.05) is 13.2 Å². The Morgan fingerprint density at radius 2 is 1.74 bits per heavy atom. The van der Waals surface area contributed by atoms with Gasteiger partial charge >= 0.3 is 5.97 Å². The van der Waals surface area contributed by atoms with Gasteiger partial charge in [0.05, 0.1) is 24.3 Å². The van der Waals surface area contributed by atoms with Crippen LogP contribution in [0.2, 0.25) is 0 Å². The summed E-state index contributed by atoms with van der Waals surface area (Å²) in [6.45, 7) is 13.0. The van der Waals surface area contributed by atoms with Crippen molar-refractivity contribution in [2.45, 2.75) is 64.8 Å². The fourth-order valence-corrected chi connectivity index (χ4v) is 3.51. The molecule has 1 unspecified atom stereocenters. The summed E-state index contributed by atoms with van der Waals surface area (Å²) in [5.41, 5.74) is -0.705. The largest absolute Gasteiger partial charge is 0.367 e. The van der Waals surface area contributed by atoms with Gasteiger partial charge in [-0.25, -0.2) is 0 Å². The number of carbonyl (C=O) groups excluding carboxylic acids is 1. The van der Waals surface area contributed by atoms with Crippen LogP contribution < -0.4 is 0 Å². The molecule has 0 aromatic carbocycles. The molecule has 2 heterocycles. The van der Waals surface area contributed by atoms with Gasteiger partial charge in [-0.15, -0.1) is 5.06 Å². The van der Waals surface area contributed by atoms with Crippen molar-refractivity contribution in [2.24, 2.45) is 5.92 Å². The molecule has 5 nitrogen and oxygen atoms in total. The topological polar surface area (TPSA) is 48.0 Å². The number of carbonyl (C=O) groups is 1. The molecule has 0 N–H and O–H groups in total. The maximum absolute atomic E-state index is 11.4. The number of rotatable bonds is 1. The molecule has 0 aromatic heterocycles. The Labute approximate surface area is 115 Å². The molecular weight excluding hydrogens is 246 g/mol. The average Bonchev–Trinajstić information content (AvgIpc) is 2.71. The molecular formula is C14H25NO4. The van der Waals surface area contributed by atoms with Crippen LogP contribution in [0.1, 0.15) is 48.0 Å². The number of ether oxygens (including phenoxy) is 2. The molecule has 0 amide bonds. The van der Waals surface area contributed by atoms with Crippen molar-refractivity contribution in [3.05, 3.63) is 0 Å². The Hall–Kier alpha value is -0.650. The average molecular weight is 271 g/mol. The first-order valence-corrected chi connectivity index (χ1v) is 6.89. The van der Waals surface area contributed by atoms with E-state index in [9.17, 15) is 4.79 Å². The van der Waals surface area contributed by atoms with Gasteiger partial charge in [-0.05, 0) is 27.7 Å². The van der Waals surface area contributed by atoms with Crippen molar-refractivity contribution in [3.63, 3.8) is 0 Å². The summed E-state index contributed by atoms with van der Waals surface area (Å²) in [6.07, 6.45) is 0.678. The van der Waals surface area contributed by atoms with Gasteiger partial charge in [-0.1, -0.05) is 6.92 Å². The second kappa shape index (κ2) is 4.43. The first-order chi connectivity index (χ1) is 8.62. The van der Waals surface area contributed by atoms with E-state index >= 15 is 0 Å². The summed E-state index contributed by atoms with van der Waals surface area (Å²) >= 11 is 0. The van der Waals surface area contributed by atoms with Gasteiger partial charge in [0.2, 0.25) is 0 Å². The van der Waals surface area contributed by atoms with Crippen LogP contribution >= 0.6 is 0 Å². The fourth-order valence-electron chi connectivity index (χ4n) is 3.51. The molecule has 0 radical (unpaired) electrons. The maximum Gasteiger partial charge on any atom is 0.322 e. The van der Waals surface area contributed by atoms with Gasteiger partial charge in [0, 0.05) is 19.3 Å². The molecule has 0 aliphatic carbocycles. The lowest BCUT2D eigenvalue weighted by Gasteiger charge is -2.58. The molecule has 1 spiro atoms. The lowest BCUT2D eigenvalue weighted by atomic mass is 9.70. The summed E-state index contributed by atoms with van der Waals surface area (Å²) in [5, 5.41) is 1.81. The quantitative estimate of drug-likeness (QED) is 0.731. The zero-order valence-corrected chi connectivity index (χ0v) is 12.8. The van der Waals surface area contributed by atoms with Gasteiger partial charge in [-0.3, -0.25) is 4.79 Å². The molecule has 19 heavy (non-hydrogen) atoms. The standard InChI is InChI=1S/C14H25NO4/c1-10-13(5,6)15(19-11(2)16)12(3,4)9-14(10)17-7-8-18-14/h10H,7-9H2,1-6H3. The third-order valence-corrected chi connectivity index (χ3v) is 4.47. The minimum Gasteiger partial charge on any atom is -0.367 e. The smallest absolute Gasteiger partial charge is 0.322 e. The highest BCUT2D eigenvalue weighted by Gasteiger charge is 2.61. The highest BCUT2D eigenvalue weighted by molar-refractivity contribution is 5.65. The Balaban J connectivity index is 2.37. The van der Waals surface area contributed by atoms with E-state index in [1.165, 1.54) is 6.92 Å². The highest BCUT2D eigenvalue weighted by atomic mass is 16.7. The minimum absolute atomic E-state index is 0.0925. The number of piperidine rings is 1. The first kappa shape index (κ1) is 14.8. The van der Waals surface area contributed by atoms with E-state index in [0.717, 1.165) is 0 Å². The Bertz CT molecular complexity index is 372. The number of nitrogens with zero attached hydrogens (tertiary/aromatic N) is 1. The summed E-state index contributed by atoms with van der Waals surface area (Å²) in [6, 6.07) is 0. The van der Waals surface area contributed by atoms with E-state index < -0.39 is 5.79 Å². The van der Waals surface area contributed by atoms with Crippen molar-refractivity contribution in [1.29, 1.82) is 0 Å². The maximum atomic E-state index is 11.4. The van der Waals surface area contributed by atoms with Gasteiger partial charge in [0.1, 0.15) is 0 Å². The van der Waals surface area contributed by atoms with Crippen molar-refractivity contribution in [1.82, 2.24) is 5.06 Å². The van der Waals surface area contributed by atoms with E-state index in [4.69, 9.17) is 14.3 Å². The highest BCUT2D eigenvalue weighted by Crippen LogP contribution is 2.50. The van der Waals surface area contributed by atoms with E-state index in [-0.39, 0.29) is 23.0 Å². The molecule has 2 rings (SSSR count). The van der Waals surface area contributed by atoms with E-state index in [1.807, 2.05) is 5.06 Å². The summed E-state index contributed by atoms with van der Waals surface area (Å²) in [4.78, 5) is 16.9. The summed E-state index contributed by atoms with van der Waals surface area (Å²) in [5.74, 6) is -0.767. The molecule has 2 aliphatic rings. The lowest BCUT2D eigenvalue weighted by molar-refractivity contribution is -0.343. The fraction of sp³-hybridized carbons (Fsp3) is 0.929. The normalized spacial score (nSPS) is 32.4. The van der Waals surface area contributed by atoms with Crippen LogP contribution in [0.15, 0.2) is 0 Å². The Morgan fingerprint density at radius 3 is 2.21 bits per heavy atom. The molecule has 1 atom stereocenters. The number of hydrogen-bond donors (Lipinski definition) is 0. The van der Waals surface area contributed by atoms with Crippen LogP contribution in [-0.2, 0) is 19.1 Å². The van der Waals surface area contributed by atoms with Gasteiger partial charge in [-0.2, -0.15) is 0 Å². The predicted molar refractivity (Wildman–Crippen MR) is 70.2 cm³/mol. The van der Waals surface area contributed by atoms with Crippen LogP contribution in [0.3, 0.4) is 0 Å². The predicted octanol–water partition coefficient (Wildman–Crippen LogP) is 2.11. The molecule has 0 aromatic rings. The molecule has 2 fully saturated rings. The van der Waals surface area contributed by atoms with Crippen molar-refractivity contribution in [3.8, 4) is 0 Å². The zero-order valence-electron chi connectivity index (χ0n) is 12.8. The third kappa shape index (κ3) is 2.28. The Morgan fingerprint density at radius 1 is 1.21 bits per heavy atom. The van der Waals surface area contributed by atoms with E-state index in [2.05, 4.69) is 34.6 Å². The number of hydrogen-bond acceptors (Lipinski definition) is 5. The zero-order chi connectivity index (χ0) is 14.5. The van der Waals surface area contributed by atoms with Crippen LogP contribution in [0, 0.1) is 5.92 Å². The number of hydroxylamine groups is 2. The molecule has 110 valence electrons. The molecule has 2 aliphatic heterocycles. The molecule has 2 saturated heterocycles. The molecule has 0 bridgehead atoms. The summed E-state index contributed by atoms with van der Waals surface area (Å²) in [7, 11) is 0. The van der Waals surface area contributed by atoms with Crippen LogP contribution in [-0.4, -0.2) is 41.1 Å². The van der Waals surface area contributed by atoms with Gasteiger partial charge < -0.3 is 14.3 Å². The van der Waals surface area contributed by atoms with Gasteiger partial charge in [0.15, 0.2) is 5.79 Å². The third-order valence-electron chi connectivity index (χ3n) is 4.47. The lowest BCUT2D eigenvalue weighted by Crippen LogP contribution is -2.70. The van der Waals surface area contributed by atoms with Crippen LogP contribution in [0.4, 0.5) is 0 Å². The first-order valence-electron chi connectivity index (χ1n) is 6.89. The molecule has 5 heteroatoms. The minimum atomic E-state index is -0.566. The molecule has 0 saturated carbocycles. The van der Waals surface area contributed by atoms with Gasteiger partial charge in [0.25, 0.3) is 0 Å². The monoisotopic (exact) mass is 271 g/mol.